The van der Waals surface area contributed by atoms with Gasteiger partial charge in [-0.1, -0.05) is 30.3 Å². The zero-order valence-corrected chi connectivity index (χ0v) is 16.0. The van der Waals surface area contributed by atoms with E-state index in [9.17, 15) is 4.79 Å². The third-order valence-electron chi connectivity index (χ3n) is 5.22. The topological polar surface area (TPSA) is 55.8 Å². The van der Waals surface area contributed by atoms with Gasteiger partial charge in [0.2, 0.25) is 5.91 Å². The monoisotopic (exact) mass is 367 g/mol. The molecule has 3 rings (SSSR count). The summed E-state index contributed by atoms with van der Waals surface area (Å²) in [5, 5.41) is 12.1. The highest BCUT2D eigenvalue weighted by molar-refractivity contribution is 5.92. The zero-order chi connectivity index (χ0) is 19.1. The molecular weight excluding hydrogens is 338 g/mol. The van der Waals surface area contributed by atoms with E-state index in [2.05, 4.69) is 34.5 Å². The van der Waals surface area contributed by atoms with Crippen molar-refractivity contribution in [2.75, 3.05) is 43.5 Å². The van der Waals surface area contributed by atoms with E-state index >= 15 is 0 Å². The highest BCUT2D eigenvalue weighted by Gasteiger charge is 2.25. The molecule has 0 unspecified atom stereocenters. The Bertz CT molecular complexity index is 710. The summed E-state index contributed by atoms with van der Waals surface area (Å²) in [7, 11) is 1.94. The minimum Gasteiger partial charge on any atom is -0.395 e. The molecule has 5 nitrogen and oxygen atoms in total. The number of piperidine rings is 1. The zero-order valence-electron chi connectivity index (χ0n) is 16.0. The maximum Gasteiger partial charge on any atom is 0.227 e. The van der Waals surface area contributed by atoms with Crippen LogP contribution in [0.2, 0.25) is 0 Å². The molecule has 1 saturated heterocycles. The van der Waals surface area contributed by atoms with Gasteiger partial charge in [-0.25, -0.2) is 0 Å². The van der Waals surface area contributed by atoms with Gasteiger partial charge in [-0.15, -0.1) is 0 Å². The molecule has 0 saturated carbocycles. The molecule has 144 valence electrons. The summed E-state index contributed by atoms with van der Waals surface area (Å²) in [4.78, 5) is 17.0. The summed E-state index contributed by atoms with van der Waals surface area (Å²) in [6, 6.07) is 18.3. The molecule has 2 aromatic rings. The third-order valence-corrected chi connectivity index (χ3v) is 5.22. The Morgan fingerprint density at radius 3 is 2.41 bits per heavy atom. The molecule has 1 amide bonds. The summed E-state index contributed by atoms with van der Waals surface area (Å²) in [6.45, 7) is 3.58. The average molecular weight is 367 g/mol. The van der Waals surface area contributed by atoms with Gasteiger partial charge in [0.05, 0.1) is 6.61 Å². The molecule has 1 heterocycles. The number of aliphatic hydroxyl groups is 1. The number of benzene rings is 2. The maximum absolute atomic E-state index is 12.6. The molecule has 27 heavy (non-hydrogen) atoms. The van der Waals surface area contributed by atoms with Crippen LogP contribution in [-0.2, 0) is 11.3 Å². The van der Waals surface area contributed by atoms with Crippen molar-refractivity contribution in [3.8, 4) is 0 Å². The van der Waals surface area contributed by atoms with Crippen molar-refractivity contribution in [3.05, 3.63) is 60.2 Å². The van der Waals surface area contributed by atoms with Gasteiger partial charge in [-0.3, -0.25) is 9.69 Å². The van der Waals surface area contributed by atoms with Gasteiger partial charge < -0.3 is 15.3 Å². The maximum atomic E-state index is 12.6. The standard InChI is InChI=1S/C22H29N3O2/c1-24(15-16-26)21-9-7-20(8-10-21)23-22(27)19-11-13-25(14-12-19)17-18-5-3-2-4-6-18/h2-10,19,26H,11-17H2,1H3,(H,23,27). The van der Waals surface area contributed by atoms with Crippen LogP contribution in [0.3, 0.4) is 0 Å². The Kier molecular flexibility index (Phi) is 6.85. The SMILES string of the molecule is CN(CCO)c1ccc(NC(=O)C2CCN(Cc3ccccc3)CC2)cc1. The van der Waals surface area contributed by atoms with Crippen molar-refractivity contribution < 1.29 is 9.90 Å². The number of carbonyl (C=O) groups excluding carboxylic acids is 1. The second-order valence-electron chi connectivity index (χ2n) is 7.22. The van der Waals surface area contributed by atoms with Gasteiger partial charge in [0.25, 0.3) is 0 Å². The molecule has 1 aliphatic heterocycles. The fraction of sp³-hybridized carbons (Fsp3) is 0.409. The number of hydrogen-bond donors (Lipinski definition) is 2. The third kappa shape index (κ3) is 5.55. The molecule has 0 aliphatic carbocycles. The van der Waals surface area contributed by atoms with E-state index in [0.29, 0.717) is 6.54 Å². The van der Waals surface area contributed by atoms with Crippen molar-refractivity contribution in [3.63, 3.8) is 0 Å². The first-order valence-corrected chi connectivity index (χ1v) is 9.65. The number of carbonyl (C=O) groups is 1. The van der Waals surface area contributed by atoms with Crippen LogP contribution in [0, 0.1) is 5.92 Å². The van der Waals surface area contributed by atoms with E-state index in [1.807, 2.05) is 42.3 Å². The van der Waals surface area contributed by atoms with Crippen LogP contribution in [0.25, 0.3) is 0 Å². The number of hydrogen-bond acceptors (Lipinski definition) is 4. The van der Waals surface area contributed by atoms with E-state index in [1.165, 1.54) is 5.56 Å². The van der Waals surface area contributed by atoms with Gasteiger partial charge >= 0.3 is 0 Å². The predicted molar refractivity (Wildman–Crippen MR) is 110 cm³/mol. The van der Waals surface area contributed by atoms with Gasteiger partial charge in [0.1, 0.15) is 0 Å². The van der Waals surface area contributed by atoms with E-state index in [-0.39, 0.29) is 18.4 Å². The van der Waals surface area contributed by atoms with Crippen molar-refractivity contribution in [1.82, 2.24) is 4.90 Å². The van der Waals surface area contributed by atoms with Crippen LogP contribution in [0.4, 0.5) is 11.4 Å². The number of anilines is 2. The Hall–Kier alpha value is -2.37. The van der Waals surface area contributed by atoms with E-state index in [1.54, 1.807) is 0 Å². The lowest BCUT2D eigenvalue weighted by molar-refractivity contribution is -0.121. The normalized spacial score (nSPS) is 15.5. The van der Waals surface area contributed by atoms with Crippen LogP contribution in [0.5, 0.6) is 0 Å². The summed E-state index contributed by atoms with van der Waals surface area (Å²) in [5.74, 6) is 0.194. The number of rotatable bonds is 7. The Morgan fingerprint density at radius 1 is 1.11 bits per heavy atom. The Labute approximate surface area is 161 Å². The van der Waals surface area contributed by atoms with Gasteiger partial charge in [-0.05, 0) is 55.8 Å². The number of amides is 1. The summed E-state index contributed by atoms with van der Waals surface area (Å²) < 4.78 is 0. The number of likely N-dealkylation sites (tertiary alicyclic amines) is 1. The molecule has 0 aromatic heterocycles. The largest absolute Gasteiger partial charge is 0.395 e. The summed E-state index contributed by atoms with van der Waals surface area (Å²) >= 11 is 0. The molecule has 2 aromatic carbocycles. The molecular formula is C22H29N3O2. The fourth-order valence-electron chi connectivity index (χ4n) is 3.52. The lowest BCUT2D eigenvalue weighted by atomic mass is 9.95. The number of likely N-dealkylation sites (N-methyl/N-ethyl adjacent to an activating group) is 1. The number of nitrogens with one attached hydrogen (secondary N) is 1. The van der Waals surface area contributed by atoms with Crippen LogP contribution in [0.15, 0.2) is 54.6 Å². The Morgan fingerprint density at radius 2 is 1.78 bits per heavy atom. The average Bonchev–Trinajstić information content (AvgIpc) is 2.70. The van der Waals surface area contributed by atoms with Gasteiger partial charge in [0.15, 0.2) is 0 Å². The van der Waals surface area contributed by atoms with E-state index in [0.717, 1.165) is 43.9 Å². The van der Waals surface area contributed by atoms with E-state index in [4.69, 9.17) is 5.11 Å². The molecule has 0 bridgehead atoms. The highest BCUT2D eigenvalue weighted by Crippen LogP contribution is 2.22. The molecule has 0 spiro atoms. The van der Waals surface area contributed by atoms with Crippen molar-refractivity contribution >= 4 is 17.3 Å². The summed E-state index contributed by atoms with van der Waals surface area (Å²) in [5.41, 5.74) is 3.18. The van der Waals surface area contributed by atoms with Gasteiger partial charge in [0, 0.05) is 37.4 Å². The lowest BCUT2D eigenvalue weighted by Crippen LogP contribution is -2.37. The number of nitrogens with zero attached hydrogens (tertiary/aromatic N) is 2. The van der Waals surface area contributed by atoms with Crippen molar-refractivity contribution in [2.24, 2.45) is 5.92 Å². The first kappa shape index (κ1) is 19.4. The first-order chi connectivity index (χ1) is 13.2. The smallest absolute Gasteiger partial charge is 0.227 e. The summed E-state index contributed by atoms with van der Waals surface area (Å²) in [6.07, 6.45) is 1.80. The highest BCUT2D eigenvalue weighted by atomic mass is 16.3. The van der Waals surface area contributed by atoms with Crippen LogP contribution in [0.1, 0.15) is 18.4 Å². The van der Waals surface area contributed by atoms with Gasteiger partial charge in [-0.2, -0.15) is 0 Å². The molecule has 0 atom stereocenters. The van der Waals surface area contributed by atoms with E-state index < -0.39 is 0 Å². The predicted octanol–water partition coefficient (Wildman–Crippen LogP) is 2.97. The first-order valence-electron chi connectivity index (χ1n) is 9.65. The van der Waals surface area contributed by atoms with Crippen molar-refractivity contribution in [2.45, 2.75) is 19.4 Å². The van der Waals surface area contributed by atoms with Crippen molar-refractivity contribution in [1.29, 1.82) is 0 Å². The molecule has 0 radical (unpaired) electrons. The molecule has 2 N–H and O–H groups in total. The minimum atomic E-state index is 0.0776. The Balaban J connectivity index is 1.46. The second-order valence-corrected chi connectivity index (χ2v) is 7.22. The van der Waals surface area contributed by atoms with Crippen LogP contribution >= 0.6 is 0 Å². The molecule has 1 fully saturated rings. The molecule has 1 aliphatic rings. The number of aliphatic hydroxyl groups excluding tert-OH is 1. The lowest BCUT2D eigenvalue weighted by Gasteiger charge is -2.31. The van der Waals surface area contributed by atoms with Crippen LogP contribution < -0.4 is 10.2 Å². The second kappa shape index (κ2) is 9.53. The fourth-order valence-corrected chi connectivity index (χ4v) is 3.52. The van der Waals surface area contributed by atoms with Crippen LogP contribution in [-0.4, -0.2) is 49.2 Å². The molecule has 5 heteroatoms. The quantitative estimate of drug-likeness (QED) is 0.790. The minimum absolute atomic E-state index is 0.0776.